The van der Waals surface area contributed by atoms with E-state index < -0.39 is 23.8 Å². The second-order valence-electron chi connectivity index (χ2n) is 2.59. The number of carboxylic acids is 2. The molecule has 56 valence electrons. The zero-order chi connectivity index (χ0) is 7.89. The van der Waals surface area contributed by atoms with Crippen LogP contribution in [0, 0.1) is 17.8 Å². The van der Waals surface area contributed by atoms with Crippen molar-refractivity contribution >= 4 is 11.9 Å². The van der Waals surface area contributed by atoms with Gasteiger partial charge in [-0.1, -0.05) is 6.92 Å². The van der Waals surface area contributed by atoms with Crippen molar-refractivity contribution in [1.29, 1.82) is 0 Å². The molecular formula is C6H8O4. The van der Waals surface area contributed by atoms with Gasteiger partial charge < -0.3 is 10.2 Å². The molecule has 2 N–H and O–H groups in total. The van der Waals surface area contributed by atoms with Crippen molar-refractivity contribution < 1.29 is 19.8 Å². The molecule has 0 heterocycles. The van der Waals surface area contributed by atoms with E-state index in [0.29, 0.717) is 0 Å². The SMILES string of the molecule is CC1[C@H](C(=O)O)[C@H]1C(=O)O. The molecule has 4 nitrogen and oxygen atoms in total. The molecule has 1 fully saturated rings. The number of aliphatic carboxylic acids is 2. The Kier molecular flexibility index (Phi) is 1.39. The average molecular weight is 144 g/mol. The van der Waals surface area contributed by atoms with Gasteiger partial charge in [0.2, 0.25) is 0 Å². The standard InChI is InChI=1S/C6H8O4/c1-2-3(5(7)8)4(2)6(9)10/h2-4H,1H3,(H,7,8)(H,9,10)/t3-,4-/m0/s1. The van der Waals surface area contributed by atoms with Crippen LogP contribution in [0.3, 0.4) is 0 Å². The van der Waals surface area contributed by atoms with Gasteiger partial charge in [-0.25, -0.2) is 0 Å². The third-order valence-electron chi connectivity index (χ3n) is 1.95. The van der Waals surface area contributed by atoms with Crippen molar-refractivity contribution in [3.05, 3.63) is 0 Å². The summed E-state index contributed by atoms with van der Waals surface area (Å²) in [6.45, 7) is 1.64. The molecule has 1 rings (SSSR count). The molecular weight excluding hydrogens is 136 g/mol. The minimum Gasteiger partial charge on any atom is -0.481 e. The molecule has 1 saturated carbocycles. The number of carbonyl (C=O) groups is 2. The molecule has 0 amide bonds. The summed E-state index contributed by atoms with van der Waals surface area (Å²) in [5, 5.41) is 16.8. The topological polar surface area (TPSA) is 74.6 Å². The van der Waals surface area contributed by atoms with Gasteiger partial charge in [0.25, 0.3) is 0 Å². The van der Waals surface area contributed by atoms with E-state index in [1.165, 1.54) is 0 Å². The lowest BCUT2D eigenvalue weighted by Crippen LogP contribution is -2.05. The molecule has 1 aliphatic rings. The molecule has 2 atom stereocenters. The van der Waals surface area contributed by atoms with Crippen LogP contribution in [0.2, 0.25) is 0 Å². The average Bonchev–Trinajstić information content (AvgIpc) is 2.40. The van der Waals surface area contributed by atoms with E-state index in [0.717, 1.165) is 0 Å². The van der Waals surface area contributed by atoms with Crippen molar-refractivity contribution in [3.63, 3.8) is 0 Å². The summed E-state index contributed by atoms with van der Waals surface area (Å²) in [5.41, 5.74) is 0. The summed E-state index contributed by atoms with van der Waals surface area (Å²) in [5.74, 6) is -3.51. The molecule has 0 aromatic heterocycles. The van der Waals surface area contributed by atoms with Gasteiger partial charge in [-0.05, 0) is 5.92 Å². The minimum absolute atomic E-state index is 0.199. The lowest BCUT2D eigenvalue weighted by molar-refractivity contribution is -0.144. The summed E-state index contributed by atoms with van der Waals surface area (Å²) >= 11 is 0. The summed E-state index contributed by atoms with van der Waals surface area (Å²) in [6, 6.07) is 0. The fourth-order valence-electron chi connectivity index (χ4n) is 1.22. The van der Waals surface area contributed by atoms with Crippen LogP contribution >= 0.6 is 0 Å². The summed E-state index contributed by atoms with van der Waals surface area (Å²) in [4.78, 5) is 20.4. The summed E-state index contributed by atoms with van der Waals surface area (Å²) < 4.78 is 0. The first-order valence-electron chi connectivity index (χ1n) is 3.01. The summed E-state index contributed by atoms with van der Waals surface area (Å²) in [7, 11) is 0. The third kappa shape index (κ3) is 0.853. The number of rotatable bonds is 2. The predicted octanol–water partition coefficient (Wildman–Crippen LogP) is 0.0377. The first-order valence-corrected chi connectivity index (χ1v) is 3.01. The normalized spacial score (nSPS) is 37.1. The van der Waals surface area contributed by atoms with Crippen molar-refractivity contribution in [2.24, 2.45) is 17.8 Å². The Morgan fingerprint density at radius 1 is 1.10 bits per heavy atom. The Balaban J connectivity index is 2.57. The Bertz CT molecular complexity index is 166. The van der Waals surface area contributed by atoms with Crippen LogP contribution in [-0.2, 0) is 9.59 Å². The molecule has 0 saturated heterocycles. The molecule has 0 bridgehead atoms. The highest BCUT2D eigenvalue weighted by Gasteiger charge is 2.56. The molecule has 0 radical (unpaired) electrons. The molecule has 0 aliphatic heterocycles. The second-order valence-corrected chi connectivity index (χ2v) is 2.59. The van der Waals surface area contributed by atoms with E-state index in [1.54, 1.807) is 6.92 Å². The lowest BCUT2D eigenvalue weighted by Gasteiger charge is -1.84. The van der Waals surface area contributed by atoms with E-state index in [-0.39, 0.29) is 5.92 Å². The van der Waals surface area contributed by atoms with Crippen LogP contribution in [0.25, 0.3) is 0 Å². The van der Waals surface area contributed by atoms with Crippen LogP contribution in [0.4, 0.5) is 0 Å². The van der Waals surface area contributed by atoms with E-state index in [1.807, 2.05) is 0 Å². The first kappa shape index (κ1) is 7.05. The van der Waals surface area contributed by atoms with Crippen LogP contribution in [0.5, 0.6) is 0 Å². The van der Waals surface area contributed by atoms with Gasteiger partial charge in [-0.15, -0.1) is 0 Å². The second kappa shape index (κ2) is 1.97. The molecule has 1 aliphatic carbocycles. The maximum atomic E-state index is 10.2. The lowest BCUT2D eigenvalue weighted by atomic mass is 10.3. The maximum absolute atomic E-state index is 10.2. The maximum Gasteiger partial charge on any atom is 0.307 e. The van der Waals surface area contributed by atoms with Gasteiger partial charge in [0.1, 0.15) is 0 Å². The van der Waals surface area contributed by atoms with Crippen molar-refractivity contribution in [2.75, 3.05) is 0 Å². The van der Waals surface area contributed by atoms with Crippen LogP contribution in [0.15, 0.2) is 0 Å². The van der Waals surface area contributed by atoms with Crippen LogP contribution in [-0.4, -0.2) is 22.2 Å². The monoisotopic (exact) mass is 144 g/mol. The molecule has 0 aromatic rings. The Hall–Kier alpha value is -1.06. The van der Waals surface area contributed by atoms with Gasteiger partial charge in [0, 0.05) is 0 Å². The Morgan fingerprint density at radius 3 is 1.50 bits per heavy atom. The van der Waals surface area contributed by atoms with Crippen LogP contribution in [0.1, 0.15) is 6.92 Å². The Labute approximate surface area is 57.5 Å². The molecule has 4 heteroatoms. The highest BCUT2D eigenvalue weighted by molar-refractivity contribution is 5.86. The minimum atomic E-state index is -1.00. The zero-order valence-electron chi connectivity index (χ0n) is 5.44. The van der Waals surface area contributed by atoms with Crippen molar-refractivity contribution in [1.82, 2.24) is 0 Å². The van der Waals surface area contributed by atoms with Gasteiger partial charge in [0.05, 0.1) is 11.8 Å². The first-order chi connectivity index (χ1) is 4.55. The number of hydrogen-bond donors (Lipinski definition) is 2. The quantitative estimate of drug-likeness (QED) is 0.573. The van der Waals surface area contributed by atoms with E-state index in [9.17, 15) is 9.59 Å². The summed E-state index contributed by atoms with van der Waals surface area (Å²) in [6.07, 6.45) is 0. The number of carboxylic acid groups (broad SMARTS) is 2. The van der Waals surface area contributed by atoms with E-state index in [4.69, 9.17) is 10.2 Å². The molecule has 10 heavy (non-hydrogen) atoms. The van der Waals surface area contributed by atoms with Crippen molar-refractivity contribution in [3.8, 4) is 0 Å². The molecule has 0 spiro atoms. The largest absolute Gasteiger partial charge is 0.481 e. The molecule has 0 aromatic carbocycles. The van der Waals surface area contributed by atoms with Gasteiger partial charge >= 0.3 is 11.9 Å². The zero-order valence-corrected chi connectivity index (χ0v) is 5.44. The Morgan fingerprint density at radius 2 is 1.40 bits per heavy atom. The highest BCUT2D eigenvalue weighted by atomic mass is 16.4. The smallest absolute Gasteiger partial charge is 0.307 e. The number of hydrogen-bond acceptors (Lipinski definition) is 2. The third-order valence-corrected chi connectivity index (χ3v) is 1.95. The van der Waals surface area contributed by atoms with Gasteiger partial charge in [-0.3, -0.25) is 9.59 Å². The fraction of sp³-hybridized carbons (Fsp3) is 0.667. The highest BCUT2D eigenvalue weighted by Crippen LogP contribution is 2.45. The van der Waals surface area contributed by atoms with E-state index in [2.05, 4.69) is 0 Å². The van der Waals surface area contributed by atoms with Gasteiger partial charge in [0.15, 0.2) is 0 Å². The van der Waals surface area contributed by atoms with Gasteiger partial charge in [-0.2, -0.15) is 0 Å². The van der Waals surface area contributed by atoms with E-state index >= 15 is 0 Å². The predicted molar refractivity (Wildman–Crippen MR) is 31.4 cm³/mol. The molecule has 0 unspecified atom stereocenters. The fourth-order valence-corrected chi connectivity index (χ4v) is 1.22. The van der Waals surface area contributed by atoms with Crippen molar-refractivity contribution in [2.45, 2.75) is 6.92 Å². The van der Waals surface area contributed by atoms with Crippen LogP contribution < -0.4 is 0 Å².